The van der Waals surface area contributed by atoms with Gasteiger partial charge in [-0.25, -0.2) is 22.6 Å². The molecule has 2 N–H and O–H groups in total. The zero-order chi connectivity index (χ0) is 15.6. The molecular formula is C12H8BrFN2O4S. The SMILES string of the molecule is O=C(O)c1ccc(S(=O)(=O)Nc2ccc(Br)nc2)c(F)c1. The Bertz CT molecular complexity index is 793. The number of hydrogen-bond acceptors (Lipinski definition) is 4. The van der Waals surface area contributed by atoms with E-state index in [4.69, 9.17) is 5.11 Å². The molecule has 0 aliphatic heterocycles. The van der Waals surface area contributed by atoms with Crippen molar-refractivity contribution in [3.05, 3.63) is 52.5 Å². The first-order valence-electron chi connectivity index (χ1n) is 5.47. The Morgan fingerprint density at radius 2 is 2.00 bits per heavy atom. The van der Waals surface area contributed by atoms with Crippen LogP contribution in [0.15, 0.2) is 46.0 Å². The summed E-state index contributed by atoms with van der Waals surface area (Å²) in [6, 6.07) is 5.52. The Hall–Kier alpha value is -2.00. The largest absolute Gasteiger partial charge is 0.478 e. The summed E-state index contributed by atoms with van der Waals surface area (Å²) >= 11 is 3.10. The molecule has 1 aromatic heterocycles. The van der Waals surface area contributed by atoms with Gasteiger partial charge in [-0.05, 0) is 46.3 Å². The smallest absolute Gasteiger partial charge is 0.335 e. The van der Waals surface area contributed by atoms with Gasteiger partial charge >= 0.3 is 5.97 Å². The first-order chi connectivity index (χ1) is 9.79. The number of benzene rings is 1. The molecule has 21 heavy (non-hydrogen) atoms. The summed E-state index contributed by atoms with van der Waals surface area (Å²) in [5, 5.41) is 8.72. The zero-order valence-electron chi connectivity index (χ0n) is 10.2. The Morgan fingerprint density at radius 3 is 2.52 bits per heavy atom. The Morgan fingerprint density at radius 1 is 1.29 bits per heavy atom. The minimum absolute atomic E-state index is 0.153. The van der Waals surface area contributed by atoms with Crippen molar-refractivity contribution >= 4 is 37.6 Å². The lowest BCUT2D eigenvalue weighted by molar-refractivity contribution is 0.0696. The molecule has 0 aliphatic rings. The second kappa shape index (κ2) is 5.78. The molecule has 2 rings (SSSR count). The molecule has 0 amide bonds. The molecule has 0 aliphatic carbocycles. The number of nitrogens with zero attached hydrogens (tertiary/aromatic N) is 1. The van der Waals surface area contributed by atoms with Crippen molar-refractivity contribution < 1.29 is 22.7 Å². The second-order valence-electron chi connectivity index (χ2n) is 3.93. The van der Waals surface area contributed by atoms with Crippen LogP contribution in [-0.2, 0) is 10.0 Å². The van der Waals surface area contributed by atoms with Crippen molar-refractivity contribution in [2.45, 2.75) is 4.90 Å². The standard InChI is InChI=1S/C12H8BrFN2O4S/c13-11-4-2-8(6-15-11)16-21(19,20)10-3-1-7(12(17)18)5-9(10)14/h1-6,16H,(H,17,18). The summed E-state index contributed by atoms with van der Waals surface area (Å²) in [5.74, 6) is -2.49. The minimum atomic E-state index is -4.17. The fraction of sp³-hybridized carbons (Fsp3) is 0. The molecule has 9 heteroatoms. The number of hydrogen-bond donors (Lipinski definition) is 2. The Labute approximate surface area is 127 Å². The lowest BCUT2D eigenvalue weighted by atomic mass is 10.2. The number of carbonyl (C=O) groups is 1. The van der Waals surface area contributed by atoms with Crippen LogP contribution in [0.25, 0.3) is 0 Å². The van der Waals surface area contributed by atoms with E-state index in [1.54, 1.807) is 0 Å². The van der Waals surface area contributed by atoms with E-state index in [1.165, 1.54) is 18.3 Å². The van der Waals surface area contributed by atoms with E-state index >= 15 is 0 Å². The van der Waals surface area contributed by atoms with Gasteiger partial charge in [0.25, 0.3) is 10.0 Å². The van der Waals surface area contributed by atoms with Gasteiger partial charge in [0.2, 0.25) is 0 Å². The van der Waals surface area contributed by atoms with E-state index < -0.39 is 26.7 Å². The van der Waals surface area contributed by atoms with Crippen molar-refractivity contribution in [2.24, 2.45) is 0 Å². The van der Waals surface area contributed by atoms with Crippen LogP contribution >= 0.6 is 15.9 Å². The number of carboxylic acid groups (broad SMARTS) is 1. The number of aromatic nitrogens is 1. The van der Waals surface area contributed by atoms with E-state index in [9.17, 15) is 17.6 Å². The molecule has 0 saturated heterocycles. The number of pyridine rings is 1. The van der Waals surface area contributed by atoms with Crippen LogP contribution in [0, 0.1) is 5.82 Å². The highest BCUT2D eigenvalue weighted by atomic mass is 79.9. The van der Waals surface area contributed by atoms with E-state index in [1.807, 2.05) is 0 Å². The van der Waals surface area contributed by atoms with Crippen LogP contribution in [0.4, 0.5) is 10.1 Å². The maximum Gasteiger partial charge on any atom is 0.335 e. The topological polar surface area (TPSA) is 96.4 Å². The zero-order valence-corrected chi connectivity index (χ0v) is 12.6. The lowest BCUT2D eigenvalue weighted by Gasteiger charge is -2.09. The van der Waals surface area contributed by atoms with Crippen molar-refractivity contribution in [1.29, 1.82) is 0 Å². The summed E-state index contributed by atoms with van der Waals surface area (Å²) in [6.07, 6.45) is 1.26. The Balaban J connectivity index is 2.35. The molecule has 2 aromatic rings. The number of sulfonamides is 1. The third-order valence-electron chi connectivity index (χ3n) is 2.45. The van der Waals surface area contributed by atoms with Crippen LogP contribution in [-0.4, -0.2) is 24.5 Å². The maximum absolute atomic E-state index is 13.8. The molecule has 0 bridgehead atoms. The van der Waals surface area contributed by atoms with E-state index in [2.05, 4.69) is 25.6 Å². The molecule has 1 aromatic carbocycles. The predicted octanol–water partition coefficient (Wildman–Crippen LogP) is 2.48. The first-order valence-corrected chi connectivity index (χ1v) is 7.74. The van der Waals surface area contributed by atoms with Gasteiger partial charge in [-0.3, -0.25) is 4.72 Å². The second-order valence-corrected chi connectivity index (χ2v) is 6.39. The van der Waals surface area contributed by atoms with Gasteiger partial charge < -0.3 is 5.11 Å². The number of carboxylic acids is 1. The van der Waals surface area contributed by atoms with Crippen molar-refractivity contribution in [3.63, 3.8) is 0 Å². The number of aromatic carboxylic acids is 1. The van der Waals surface area contributed by atoms with Crippen molar-refractivity contribution in [1.82, 2.24) is 4.98 Å². The van der Waals surface area contributed by atoms with Crippen LogP contribution in [0.2, 0.25) is 0 Å². The highest BCUT2D eigenvalue weighted by Crippen LogP contribution is 2.20. The summed E-state index contributed by atoms with van der Waals surface area (Å²) in [5.41, 5.74) is -0.184. The summed E-state index contributed by atoms with van der Waals surface area (Å²) in [4.78, 5) is 13.9. The molecule has 0 unspecified atom stereocenters. The fourth-order valence-corrected chi connectivity index (χ4v) is 2.84. The van der Waals surface area contributed by atoms with Gasteiger partial charge in [0.05, 0.1) is 17.4 Å². The molecule has 1 heterocycles. The molecule has 0 fully saturated rings. The lowest BCUT2D eigenvalue weighted by Crippen LogP contribution is -2.15. The van der Waals surface area contributed by atoms with Gasteiger partial charge in [0.1, 0.15) is 15.3 Å². The normalized spacial score (nSPS) is 11.1. The number of nitrogens with one attached hydrogen (secondary N) is 1. The molecule has 0 atom stereocenters. The third-order valence-corrected chi connectivity index (χ3v) is 4.33. The van der Waals surface area contributed by atoms with Crippen molar-refractivity contribution in [2.75, 3.05) is 4.72 Å². The van der Waals surface area contributed by atoms with E-state index in [0.717, 1.165) is 12.1 Å². The van der Waals surface area contributed by atoms with Gasteiger partial charge in [-0.15, -0.1) is 0 Å². The highest BCUT2D eigenvalue weighted by Gasteiger charge is 2.20. The van der Waals surface area contributed by atoms with Gasteiger partial charge in [-0.1, -0.05) is 0 Å². The average Bonchev–Trinajstić information content (AvgIpc) is 2.40. The minimum Gasteiger partial charge on any atom is -0.478 e. The van der Waals surface area contributed by atoms with Crippen LogP contribution < -0.4 is 4.72 Å². The Kier molecular flexibility index (Phi) is 4.24. The molecule has 0 saturated carbocycles. The third kappa shape index (κ3) is 3.56. The average molecular weight is 375 g/mol. The number of anilines is 1. The molecular weight excluding hydrogens is 367 g/mol. The molecule has 110 valence electrons. The quantitative estimate of drug-likeness (QED) is 0.801. The molecule has 6 nitrogen and oxygen atoms in total. The van der Waals surface area contributed by atoms with E-state index in [0.29, 0.717) is 10.7 Å². The predicted molar refractivity (Wildman–Crippen MR) is 76.1 cm³/mol. The summed E-state index contributed by atoms with van der Waals surface area (Å²) < 4.78 is 40.5. The molecule has 0 spiro atoms. The van der Waals surface area contributed by atoms with E-state index in [-0.39, 0.29) is 11.3 Å². The van der Waals surface area contributed by atoms with Gasteiger partial charge in [0.15, 0.2) is 0 Å². The van der Waals surface area contributed by atoms with Crippen LogP contribution in [0.3, 0.4) is 0 Å². The maximum atomic E-state index is 13.8. The first kappa shape index (κ1) is 15.4. The number of halogens is 2. The van der Waals surface area contributed by atoms with Crippen LogP contribution in [0.5, 0.6) is 0 Å². The number of rotatable bonds is 4. The summed E-state index contributed by atoms with van der Waals surface area (Å²) in [7, 11) is -4.17. The van der Waals surface area contributed by atoms with Crippen LogP contribution in [0.1, 0.15) is 10.4 Å². The highest BCUT2D eigenvalue weighted by molar-refractivity contribution is 9.10. The fourth-order valence-electron chi connectivity index (χ4n) is 1.50. The molecule has 0 radical (unpaired) electrons. The van der Waals surface area contributed by atoms with Crippen molar-refractivity contribution in [3.8, 4) is 0 Å². The van der Waals surface area contributed by atoms with Gasteiger partial charge in [0, 0.05) is 0 Å². The summed E-state index contributed by atoms with van der Waals surface area (Å²) in [6.45, 7) is 0. The monoisotopic (exact) mass is 374 g/mol. The van der Waals surface area contributed by atoms with Gasteiger partial charge in [-0.2, -0.15) is 0 Å².